The van der Waals surface area contributed by atoms with Crippen LogP contribution in [0.15, 0.2) is 33.0 Å². The van der Waals surface area contributed by atoms with Crippen molar-refractivity contribution >= 4 is 23.4 Å². The van der Waals surface area contributed by atoms with Crippen LogP contribution in [-0.4, -0.2) is 19.9 Å². The number of hydrogen-bond donors (Lipinski definition) is 2. The molecule has 0 radical (unpaired) electrons. The van der Waals surface area contributed by atoms with E-state index < -0.39 is 0 Å². The quantitative estimate of drug-likeness (QED) is 0.910. The molecular weight excluding hydrogens is 286 g/mol. The van der Waals surface area contributed by atoms with Gasteiger partial charge in [0.05, 0.1) is 11.6 Å². The molecule has 0 unspecified atom stereocenters. The van der Waals surface area contributed by atoms with Gasteiger partial charge in [-0.25, -0.2) is 9.89 Å². The Balaban J connectivity index is 2.34. The van der Waals surface area contributed by atoms with E-state index in [1.807, 2.05) is 19.9 Å². The maximum atomic E-state index is 11.6. The fourth-order valence-corrected chi connectivity index (χ4v) is 2.93. The lowest BCUT2D eigenvalue weighted by Gasteiger charge is -2.09. The van der Waals surface area contributed by atoms with Gasteiger partial charge in [-0.3, -0.25) is 4.57 Å². The van der Waals surface area contributed by atoms with Crippen molar-refractivity contribution in [2.24, 2.45) is 0 Å². The van der Waals surface area contributed by atoms with Gasteiger partial charge in [0.2, 0.25) is 0 Å². The van der Waals surface area contributed by atoms with Crippen LogP contribution in [0.1, 0.15) is 25.5 Å². The van der Waals surface area contributed by atoms with Crippen molar-refractivity contribution in [3.8, 4) is 0 Å². The molecule has 0 fully saturated rings. The first-order chi connectivity index (χ1) is 9.02. The molecule has 0 aliphatic heterocycles. The van der Waals surface area contributed by atoms with Crippen molar-refractivity contribution in [1.29, 1.82) is 0 Å². The number of aliphatic hydroxyl groups is 1. The summed E-state index contributed by atoms with van der Waals surface area (Å²) in [5, 5.41) is 16.6. The van der Waals surface area contributed by atoms with Crippen LogP contribution in [0.25, 0.3) is 0 Å². The minimum atomic E-state index is -0.236. The van der Waals surface area contributed by atoms with Gasteiger partial charge in [0.25, 0.3) is 0 Å². The van der Waals surface area contributed by atoms with Crippen LogP contribution in [0.4, 0.5) is 0 Å². The molecule has 1 heterocycles. The number of rotatable bonds is 4. The second kappa shape index (κ2) is 5.81. The molecular formula is C12H14ClN3O2S. The number of aromatic nitrogens is 3. The zero-order valence-electron chi connectivity index (χ0n) is 10.6. The van der Waals surface area contributed by atoms with E-state index in [0.717, 1.165) is 10.5 Å². The smallest absolute Gasteiger partial charge is 0.344 e. The van der Waals surface area contributed by atoms with Crippen LogP contribution >= 0.6 is 23.4 Å². The molecule has 0 amide bonds. The highest BCUT2D eigenvalue weighted by atomic mass is 35.5. The number of H-pyrrole nitrogens is 1. The summed E-state index contributed by atoms with van der Waals surface area (Å²) in [6.07, 6.45) is 0. The summed E-state index contributed by atoms with van der Waals surface area (Å²) in [5.74, 6) is 0. The Hall–Kier alpha value is -1.24. The molecule has 102 valence electrons. The van der Waals surface area contributed by atoms with E-state index in [2.05, 4.69) is 10.2 Å². The third-order valence-electron chi connectivity index (χ3n) is 2.57. The Morgan fingerprint density at radius 3 is 2.84 bits per heavy atom. The minimum Gasteiger partial charge on any atom is -0.392 e. The molecule has 2 rings (SSSR count). The SMILES string of the molecule is CC(C)n1c(Sc2ccc(CO)cc2Cl)n[nH]c1=O. The normalized spacial score (nSPS) is 11.2. The minimum absolute atomic E-state index is 0.0178. The average Bonchev–Trinajstić information content (AvgIpc) is 2.73. The van der Waals surface area contributed by atoms with Crippen molar-refractivity contribution in [3.63, 3.8) is 0 Å². The van der Waals surface area contributed by atoms with Gasteiger partial charge in [0.1, 0.15) is 0 Å². The van der Waals surface area contributed by atoms with Gasteiger partial charge in [0.15, 0.2) is 5.16 Å². The number of aromatic amines is 1. The third-order valence-corrected chi connectivity index (χ3v) is 4.04. The molecule has 0 aliphatic carbocycles. The molecule has 0 saturated carbocycles. The van der Waals surface area contributed by atoms with Crippen molar-refractivity contribution in [2.45, 2.75) is 36.5 Å². The second-order valence-corrected chi connectivity index (χ2v) is 5.72. The number of nitrogens with zero attached hydrogens (tertiary/aromatic N) is 2. The summed E-state index contributed by atoms with van der Waals surface area (Å²) in [7, 11) is 0. The van der Waals surface area contributed by atoms with E-state index in [1.165, 1.54) is 11.8 Å². The van der Waals surface area contributed by atoms with E-state index in [1.54, 1.807) is 16.7 Å². The van der Waals surface area contributed by atoms with E-state index in [9.17, 15) is 4.79 Å². The standard InChI is InChI=1S/C12H14ClN3O2S/c1-7(2)16-11(18)14-15-12(16)19-10-4-3-8(6-17)5-9(10)13/h3-5,7,17H,6H2,1-2H3,(H,14,18). The Morgan fingerprint density at radius 2 is 2.26 bits per heavy atom. The lowest BCUT2D eigenvalue weighted by atomic mass is 10.2. The maximum Gasteiger partial charge on any atom is 0.344 e. The van der Waals surface area contributed by atoms with Crippen LogP contribution in [0.5, 0.6) is 0 Å². The van der Waals surface area contributed by atoms with Gasteiger partial charge in [-0.05, 0) is 43.3 Å². The molecule has 5 nitrogen and oxygen atoms in total. The maximum absolute atomic E-state index is 11.6. The van der Waals surface area contributed by atoms with Crippen molar-refractivity contribution in [2.75, 3.05) is 0 Å². The topological polar surface area (TPSA) is 70.9 Å². The zero-order chi connectivity index (χ0) is 14.0. The highest BCUT2D eigenvalue weighted by molar-refractivity contribution is 7.99. The molecule has 19 heavy (non-hydrogen) atoms. The average molecular weight is 300 g/mol. The number of aliphatic hydroxyl groups excluding tert-OH is 1. The molecule has 0 bridgehead atoms. The largest absolute Gasteiger partial charge is 0.392 e. The van der Waals surface area contributed by atoms with Crippen LogP contribution in [0.2, 0.25) is 5.02 Å². The number of hydrogen-bond acceptors (Lipinski definition) is 4. The van der Waals surface area contributed by atoms with E-state index in [0.29, 0.717) is 10.2 Å². The monoisotopic (exact) mass is 299 g/mol. The van der Waals surface area contributed by atoms with Crippen LogP contribution in [0, 0.1) is 0 Å². The van der Waals surface area contributed by atoms with Gasteiger partial charge in [-0.2, -0.15) is 0 Å². The summed E-state index contributed by atoms with van der Waals surface area (Å²) in [4.78, 5) is 12.4. The highest BCUT2D eigenvalue weighted by Crippen LogP contribution is 2.33. The molecule has 1 aromatic heterocycles. The molecule has 0 saturated heterocycles. The van der Waals surface area contributed by atoms with Crippen LogP contribution < -0.4 is 5.69 Å². The Kier molecular flexibility index (Phi) is 4.34. The first kappa shape index (κ1) is 14.2. The summed E-state index contributed by atoms with van der Waals surface area (Å²) >= 11 is 7.46. The van der Waals surface area contributed by atoms with Crippen molar-refractivity contribution < 1.29 is 5.11 Å². The van der Waals surface area contributed by atoms with E-state index in [-0.39, 0.29) is 18.3 Å². The first-order valence-corrected chi connectivity index (χ1v) is 6.96. The fraction of sp³-hybridized carbons (Fsp3) is 0.333. The number of nitrogens with one attached hydrogen (secondary N) is 1. The highest BCUT2D eigenvalue weighted by Gasteiger charge is 2.14. The predicted molar refractivity (Wildman–Crippen MR) is 74.7 cm³/mol. The molecule has 2 N–H and O–H groups in total. The molecule has 1 aromatic carbocycles. The lowest BCUT2D eigenvalue weighted by molar-refractivity contribution is 0.282. The lowest BCUT2D eigenvalue weighted by Crippen LogP contribution is -2.19. The van der Waals surface area contributed by atoms with E-state index in [4.69, 9.17) is 16.7 Å². The second-order valence-electron chi connectivity index (χ2n) is 4.30. The Labute approximate surface area is 119 Å². The molecule has 2 aromatic rings. The summed E-state index contributed by atoms with van der Waals surface area (Å²) in [5.41, 5.74) is 0.512. The van der Waals surface area contributed by atoms with Gasteiger partial charge in [0, 0.05) is 10.9 Å². The van der Waals surface area contributed by atoms with Crippen molar-refractivity contribution in [3.05, 3.63) is 39.3 Å². The Morgan fingerprint density at radius 1 is 1.53 bits per heavy atom. The summed E-state index contributed by atoms with van der Waals surface area (Å²) < 4.78 is 1.57. The fourth-order valence-electron chi connectivity index (χ4n) is 1.64. The van der Waals surface area contributed by atoms with Crippen LogP contribution in [0.3, 0.4) is 0 Å². The Bertz CT molecular complexity index is 636. The van der Waals surface area contributed by atoms with Gasteiger partial charge >= 0.3 is 5.69 Å². The molecule has 0 aliphatic rings. The molecule has 0 atom stereocenters. The van der Waals surface area contributed by atoms with Crippen LogP contribution in [-0.2, 0) is 6.61 Å². The number of halogens is 1. The molecule has 7 heteroatoms. The van der Waals surface area contributed by atoms with Crippen molar-refractivity contribution in [1.82, 2.24) is 14.8 Å². The number of benzene rings is 1. The zero-order valence-corrected chi connectivity index (χ0v) is 12.1. The third kappa shape index (κ3) is 3.02. The summed E-state index contributed by atoms with van der Waals surface area (Å²) in [6, 6.07) is 5.32. The first-order valence-electron chi connectivity index (χ1n) is 5.77. The van der Waals surface area contributed by atoms with Gasteiger partial charge in [-0.15, -0.1) is 5.10 Å². The van der Waals surface area contributed by atoms with E-state index >= 15 is 0 Å². The summed E-state index contributed by atoms with van der Waals surface area (Å²) in [6.45, 7) is 3.78. The molecule has 0 spiro atoms. The van der Waals surface area contributed by atoms with Gasteiger partial charge in [-0.1, -0.05) is 17.7 Å². The van der Waals surface area contributed by atoms with Gasteiger partial charge < -0.3 is 5.11 Å². The predicted octanol–water partition coefficient (Wildman–Crippen LogP) is 2.45.